The van der Waals surface area contributed by atoms with Gasteiger partial charge in [-0.25, -0.2) is 4.79 Å². The van der Waals surface area contributed by atoms with Gasteiger partial charge >= 0.3 is 5.97 Å². The van der Waals surface area contributed by atoms with Crippen LogP contribution in [0.2, 0.25) is 0 Å². The molecule has 70 valence electrons. The Morgan fingerprint density at radius 3 is 3.08 bits per heavy atom. The number of hydrogen-bond acceptors (Lipinski definition) is 3. The van der Waals surface area contributed by atoms with Gasteiger partial charge in [0.15, 0.2) is 0 Å². The maximum absolute atomic E-state index is 11.3. The summed E-state index contributed by atoms with van der Waals surface area (Å²) in [7, 11) is 0. The Morgan fingerprint density at radius 1 is 1.77 bits per heavy atom. The number of hydrogen-bond donors (Lipinski definition) is 1. The number of aliphatic carboxylic acids is 1. The molecule has 0 aromatic carbocycles. The first kappa shape index (κ1) is 8.62. The SMILES string of the molecule is C[C@@H]1C(=O)N2C(C(=O)O)=CCS[C@@H]12. The van der Waals surface area contributed by atoms with E-state index in [0.717, 1.165) is 0 Å². The molecule has 0 aromatic heterocycles. The first-order chi connectivity index (χ1) is 6.13. The predicted octanol–water partition coefficient (Wildman–Crippen LogP) is 0.506. The third-order valence-corrected chi connectivity index (χ3v) is 3.65. The van der Waals surface area contributed by atoms with E-state index >= 15 is 0 Å². The molecule has 0 bridgehead atoms. The third kappa shape index (κ3) is 1.07. The number of carbonyl (C=O) groups excluding carboxylic acids is 1. The average Bonchev–Trinajstić information content (AvgIpc) is 2.15. The van der Waals surface area contributed by atoms with Crippen LogP contribution in [-0.2, 0) is 9.59 Å². The van der Waals surface area contributed by atoms with Crippen molar-refractivity contribution in [2.75, 3.05) is 5.75 Å². The number of carboxylic acid groups (broad SMARTS) is 1. The minimum atomic E-state index is -1.01. The Hall–Kier alpha value is -0.970. The normalized spacial score (nSPS) is 31.9. The molecule has 4 nitrogen and oxygen atoms in total. The third-order valence-electron chi connectivity index (χ3n) is 2.33. The van der Waals surface area contributed by atoms with Gasteiger partial charge in [-0.15, -0.1) is 11.8 Å². The summed E-state index contributed by atoms with van der Waals surface area (Å²) >= 11 is 1.61. The molecule has 2 atom stereocenters. The molecule has 0 aromatic rings. The Balaban J connectivity index is 2.27. The number of amides is 1. The van der Waals surface area contributed by atoms with Crippen LogP contribution in [0.3, 0.4) is 0 Å². The molecule has 0 aliphatic carbocycles. The van der Waals surface area contributed by atoms with Crippen molar-refractivity contribution < 1.29 is 14.7 Å². The highest BCUT2D eigenvalue weighted by atomic mass is 32.2. The highest BCUT2D eigenvalue weighted by Gasteiger charge is 2.49. The van der Waals surface area contributed by atoms with Crippen molar-refractivity contribution in [3.8, 4) is 0 Å². The molecule has 1 fully saturated rings. The van der Waals surface area contributed by atoms with Crippen LogP contribution in [0.15, 0.2) is 11.8 Å². The fourth-order valence-electron chi connectivity index (χ4n) is 1.60. The minimum Gasteiger partial charge on any atom is -0.477 e. The number of rotatable bonds is 1. The van der Waals surface area contributed by atoms with Crippen molar-refractivity contribution in [2.45, 2.75) is 12.3 Å². The van der Waals surface area contributed by atoms with Gasteiger partial charge in [-0.05, 0) is 6.08 Å². The van der Waals surface area contributed by atoms with Crippen molar-refractivity contribution in [1.29, 1.82) is 0 Å². The van der Waals surface area contributed by atoms with Crippen molar-refractivity contribution in [1.82, 2.24) is 4.90 Å². The summed E-state index contributed by atoms with van der Waals surface area (Å²) in [5.74, 6) is -0.440. The minimum absolute atomic E-state index is 0.0342. The van der Waals surface area contributed by atoms with E-state index in [-0.39, 0.29) is 22.9 Å². The van der Waals surface area contributed by atoms with Crippen LogP contribution in [0.5, 0.6) is 0 Å². The van der Waals surface area contributed by atoms with E-state index in [9.17, 15) is 9.59 Å². The Bertz CT molecular complexity index is 313. The van der Waals surface area contributed by atoms with Crippen molar-refractivity contribution >= 4 is 23.6 Å². The van der Waals surface area contributed by atoms with Gasteiger partial charge in [0, 0.05) is 5.75 Å². The fourth-order valence-corrected chi connectivity index (χ4v) is 2.82. The van der Waals surface area contributed by atoms with Crippen molar-refractivity contribution in [2.24, 2.45) is 5.92 Å². The molecular weight excluding hydrogens is 190 g/mol. The zero-order valence-electron chi connectivity index (χ0n) is 7.06. The molecule has 1 N–H and O–H groups in total. The van der Waals surface area contributed by atoms with Crippen molar-refractivity contribution in [3.63, 3.8) is 0 Å². The molecule has 2 heterocycles. The van der Waals surface area contributed by atoms with E-state index in [2.05, 4.69) is 0 Å². The van der Waals surface area contributed by atoms with Crippen LogP contribution in [-0.4, -0.2) is 33.0 Å². The van der Waals surface area contributed by atoms with Gasteiger partial charge in [0.1, 0.15) is 5.70 Å². The summed E-state index contributed by atoms with van der Waals surface area (Å²) in [4.78, 5) is 23.4. The number of thioether (sulfide) groups is 1. The second kappa shape index (κ2) is 2.77. The van der Waals surface area contributed by atoms with Crippen LogP contribution in [0.25, 0.3) is 0 Å². The maximum atomic E-state index is 11.3. The lowest BCUT2D eigenvalue weighted by atomic mass is 9.99. The Kier molecular flexibility index (Phi) is 1.83. The number of carboxylic acids is 1. The van der Waals surface area contributed by atoms with Crippen LogP contribution in [0.4, 0.5) is 0 Å². The Labute approximate surface area is 79.6 Å². The second-order valence-electron chi connectivity index (χ2n) is 3.12. The van der Waals surface area contributed by atoms with Gasteiger partial charge < -0.3 is 5.11 Å². The van der Waals surface area contributed by atoms with Crippen LogP contribution < -0.4 is 0 Å². The standard InChI is InChI=1S/C8H9NO3S/c1-4-6(10)9-5(8(11)12)2-3-13-7(4)9/h2,4,7H,3H2,1H3,(H,11,12)/t4-,7+/m1/s1. The summed E-state index contributed by atoms with van der Waals surface area (Å²) in [6, 6.07) is 0. The molecule has 2 aliphatic heterocycles. The second-order valence-corrected chi connectivity index (χ2v) is 4.26. The van der Waals surface area contributed by atoms with E-state index in [4.69, 9.17) is 5.11 Å². The Morgan fingerprint density at radius 2 is 2.46 bits per heavy atom. The molecule has 0 spiro atoms. The van der Waals surface area contributed by atoms with E-state index in [1.807, 2.05) is 6.92 Å². The number of β-lactam (4-membered cyclic amide) rings is 1. The zero-order valence-corrected chi connectivity index (χ0v) is 7.87. The van der Waals surface area contributed by atoms with E-state index < -0.39 is 5.97 Å². The van der Waals surface area contributed by atoms with Gasteiger partial charge in [-0.1, -0.05) is 6.92 Å². The summed E-state index contributed by atoms with van der Waals surface area (Å²) < 4.78 is 0. The first-order valence-electron chi connectivity index (χ1n) is 4.01. The number of carbonyl (C=O) groups is 2. The molecule has 0 radical (unpaired) electrons. The molecule has 2 rings (SSSR count). The number of nitrogens with zero attached hydrogens (tertiary/aromatic N) is 1. The van der Waals surface area contributed by atoms with E-state index in [1.165, 1.54) is 4.90 Å². The zero-order chi connectivity index (χ0) is 9.59. The van der Waals surface area contributed by atoms with Gasteiger partial charge in [-0.3, -0.25) is 9.69 Å². The van der Waals surface area contributed by atoms with Crippen LogP contribution in [0.1, 0.15) is 6.92 Å². The average molecular weight is 199 g/mol. The van der Waals surface area contributed by atoms with Gasteiger partial charge in [0.25, 0.3) is 0 Å². The molecule has 1 saturated heterocycles. The summed E-state index contributed by atoms with van der Waals surface area (Å²) in [6.45, 7) is 1.83. The van der Waals surface area contributed by atoms with E-state index in [0.29, 0.717) is 5.75 Å². The molecule has 13 heavy (non-hydrogen) atoms. The molecule has 2 aliphatic rings. The molecule has 0 saturated carbocycles. The first-order valence-corrected chi connectivity index (χ1v) is 5.06. The largest absolute Gasteiger partial charge is 0.477 e. The lowest BCUT2D eigenvalue weighted by Gasteiger charge is -2.47. The summed E-state index contributed by atoms with van der Waals surface area (Å²) in [5.41, 5.74) is 0.145. The molecule has 1 amide bonds. The molecule has 5 heteroatoms. The smallest absolute Gasteiger partial charge is 0.352 e. The molecule has 0 unspecified atom stereocenters. The van der Waals surface area contributed by atoms with Crippen molar-refractivity contribution in [3.05, 3.63) is 11.8 Å². The topological polar surface area (TPSA) is 57.6 Å². The lowest BCUT2D eigenvalue weighted by molar-refractivity contribution is -0.151. The monoisotopic (exact) mass is 199 g/mol. The van der Waals surface area contributed by atoms with Gasteiger partial charge in [0.05, 0.1) is 11.3 Å². The fraction of sp³-hybridized carbons (Fsp3) is 0.500. The maximum Gasteiger partial charge on any atom is 0.352 e. The predicted molar refractivity (Wildman–Crippen MR) is 48.0 cm³/mol. The lowest BCUT2D eigenvalue weighted by Crippen LogP contribution is -2.59. The quantitative estimate of drug-likeness (QED) is 0.625. The van der Waals surface area contributed by atoms with Gasteiger partial charge in [-0.2, -0.15) is 0 Å². The van der Waals surface area contributed by atoms with Crippen LogP contribution >= 0.6 is 11.8 Å². The summed E-state index contributed by atoms with van der Waals surface area (Å²) in [5, 5.41) is 8.84. The van der Waals surface area contributed by atoms with Gasteiger partial charge in [0.2, 0.25) is 5.91 Å². The molecular formula is C8H9NO3S. The van der Waals surface area contributed by atoms with E-state index in [1.54, 1.807) is 17.8 Å². The van der Waals surface area contributed by atoms with Crippen LogP contribution in [0, 0.1) is 5.92 Å². The highest BCUT2D eigenvalue weighted by molar-refractivity contribution is 8.00. The summed E-state index contributed by atoms with van der Waals surface area (Å²) in [6.07, 6.45) is 1.59. The highest BCUT2D eigenvalue weighted by Crippen LogP contribution is 2.40. The number of fused-ring (bicyclic) bond motifs is 1.